The van der Waals surface area contributed by atoms with Crippen LogP contribution >= 0.6 is 0 Å². The molecule has 1 saturated carbocycles. The Labute approximate surface area is 117 Å². The van der Waals surface area contributed by atoms with E-state index in [1.54, 1.807) is 17.9 Å². The van der Waals surface area contributed by atoms with Crippen LogP contribution < -0.4 is 11.1 Å². The van der Waals surface area contributed by atoms with Gasteiger partial charge in [0.25, 0.3) is 0 Å². The Hall–Kier alpha value is -2.21. The van der Waals surface area contributed by atoms with Gasteiger partial charge < -0.3 is 11.1 Å². The molecule has 20 heavy (non-hydrogen) atoms. The van der Waals surface area contributed by atoms with Crippen molar-refractivity contribution in [3.63, 3.8) is 0 Å². The van der Waals surface area contributed by atoms with Gasteiger partial charge in [0.15, 0.2) is 0 Å². The molecule has 1 atom stereocenters. The molecule has 0 saturated heterocycles. The fraction of sp³-hybridized carbons (Fsp3) is 0.357. The third-order valence-corrected chi connectivity index (χ3v) is 3.73. The molecule has 1 aromatic heterocycles. The highest BCUT2D eigenvalue weighted by Gasteiger charge is 2.44. The van der Waals surface area contributed by atoms with E-state index in [4.69, 9.17) is 5.73 Å². The van der Waals surface area contributed by atoms with Crippen molar-refractivity contribution in [3.05, 3.63) is 36.9 Å². The molecule has 3 rings (SSSR count). The van der Waals surface area contributed by atoms with E-state index >= 15 is 0 Å². The summed E-state index contributed by atoms with van der Waals surface area (Å²) in [7, 11) is 0. The Balaban J connectivity index is 1.86. The van der Waals surface area contributed by atoms with Crippen LogP contribution in [0.15, 0.2) is 36.9 Å². The lowest BCUT2D eigenvalue weighted by Crippen LogP contribution is -2.50. The molecule has 0 radical (unpaired) electrons. The molecule has 3 N–H and O–H groups in total. The van der Waals surface area contributed by atoms with Gasteiger partial charge in [-0.2, -0.15) is 5.10 Å². The van der Waals surface area contributed by atoms with Crippen LogP contribution in [0.2, 0.25) is 0 Å². The number of hydrogen-bond donors (Lipinski definition) is 2. The standard InChI is InChI=1S/C14H17N5O/c1-14(15,10-6-7-10)13(20)18-11-4-2-3-5-12(11)19-9-16-8-17-19/h2-5,8-10H,6-7,15H2,1H3,(H,18,20). The SMILES string of the molecule is CC(N)(C(=O)Nc1ccccc1-n1cncn1)C1CC1. The lowest BCUT2D eigenvalue weighted by molar-refractivity contribution is -0.121. The zero-order valence-corrected chi connectivity index (χ0v) is 11.3. The van der Waals surface area contributed by atoms with E-state index in [1.165, 1.54) is 6.33 Å². The Kier molecular flexibility index (Phi) is 3.02. The summed E-state index contributed by atoms with van der Waals surface area (Å²) in [6.07, 6.45) is 5.08. The summed E-state index contributed by atoms with van der Waals surface area (Å²) in [4.78, 5) is 16.3. The van der Waals surface area contributed by atoms with Crippen molar-refractivity contribution in [2.45, 2.75) is 25.3 Å². The summed E-state index contributed by atoms with van der Waals surface area (Å²) in [6, 6.07) is 7.45. The van der Waals surface area contributed by atoms with E-state index < -0.39 is 5.54 Å². The van der Waals surface area contributed by atoms with E-state index in [2.05, 4.69) is 15.4 Å². The number of aromatic nitrogens is 3. The molecule has 1 fully saturated rings. The molecule has 104 valence electrons. The third-order valence-electron chi connectivity index (χ3n) is 3.73. The first-order valence-corrected chi connectivity index (χ1v) is 6.63. The van der Waals surface area contributed by atoms with Gasteiger partial charge in [0.05, 0.1) is 16.9 Å². The summed E-state index contributed by atoms with van der Waals surface area (Å²) >= 11 is 0. The number of para-hydroxylation sites is 2. The van der Waals surface area contributed by atoms with Gasteiger partial charge in [0.2, 0.25) is 5.91 Å². The zero-order valence-electron chi connectivity index (χ0n) is 11.3. The predicted molar refractivity (Wildman–Crippen MR) is 75.3 cm³/mol. The Morgan fingerprint density at radius 1 is 1.45 bits per heavy atom. The van der Waals surface area contributed by atoms with Crippen LogP contribution in [0.25, 0.3) is 5.69 Å². The maximum atomic E-state index is 12.4. The molecular weight excluding hydrogens is 254 g/mol. The van der Waals surface area contributed by atoms with Gasteiger partial charge in [-0.3, -0.25) is 4.79 Å². The van der Waals surface area contributed by atoms with Crippen LogP contribution in [-0.2, 0) is 4.79 Å². The number of carbonyl (C=O) groups is 1. The fourth-order valence-electron chi connectivity index (χ4n) is 2.24. The Bertz CT molecular complexity index is 616. The summed E-state index contributed by atoms with van der Waals surface area (Å²) in [6.45, 7) is 1.79. The number of nitrogens with zero attached hydrogens (tertiary/aromatic N) is 3. The molecule has 6 heteroatoms. The Morgan fingerprint density at radius 2 is 2.20 bits per heavy atom. The minimum atomic E-state index is -0.824. The van der Waals surface area contributed by atoms with E-state index in [1.807, 2.05) is 24.3 Å². The molecule has 1 heterocycles. The molecule has 1 unspecified atom stereocenters. The van der Waals surface area contributed by atoms with E-state index in [0.29, 0.717) is 5.69 Å². The van der Waals surface area contributed by atoms with Crippen molar-refractivity contribution >= 4 is 11.6 Å². The number of carbonyl (C=O) groups excluding carboxylic acids is 1. The second kappa shape index (κ2) is 4.72. The van der Waals surface area contributed by atoms with Crippen LogP contribution in [0.5, 0.6) is 0 Å². The number of nitrogens with one attached hydrogen (secondary N) is 1. The minimum Gasteiger partial charge on any atom is -0.323 e. The smallest absolute Gasteiger partial charge is 0.244 e. The molecule has 1 amide bonds. The molecule has 1 aliphatic rings. The first-order valence-electron chi connectivity index (χ1n) is 6.63. The van der Waals surface area contributed by atoms with Gasteiger partial charge >= 0.3 is 0 Å². The number of hydrogen-bond acceptors (Lipinski definition) is 4. The van der Waals surface area contributed by atoms with Gasteiger partial charge in [0.1, 0.15) is 12.7 Å². The highest BCUT2D eigenvalue weighted by atomic mass is 16.2. The number of benzene rings is 1. The molecule has 6 nitrogen and oxygen atoms in total. The monoisotopic (exact) mass is 271 g/mol. The fourth-order valence-corrected chi connectivity index (χ4v) is 2.24. The van der Waals surface area contributed by atoms with E-state index in [-0.39, 0.29) is 11.8 Å². The normalized spacial score (nSPS) is 17.5. The van der Waals surface area contributed by atoms with Crippen LogP contribution in [0.4, 0.5) is 5.69 Å². The highest BCUT2D eigenvalue weighted by molar-refractivity contribution is 5.99. The van der Waals surface area contributed by atoms with Crippen molar-refractivity contribution in [2.75, 3.05) is 5.32 Å². The van der Waals surface area contributed by atoms with E-state index in [9.17, 15) is 4.79 Å². The topological polar surface area (TPSA) is 85.8 Å². The maximum Gasteiger partial charge on any atom is 0.244 e. The highest BCUT2D eigenvalue weighted by Crippen LogP contribution is 2.38. The zero-order chi connectivity index (χ0) is 14.2. The van der Waals surface area contributed by atoms with Gasteiger partial charge in [0, 0.05) is 0 Å². The van der Waals surface area contributed by atoms with E-state index in [0.717, 1.165) is 18.5 Å². The van der Waals surface area contributed by atoms with Crippen molar-refractivity contribution in [2.24, 2.45) is 11.7 Å². The second-order valence-electron chi connectivity index (χ2n) is 5.37. The van der Waals surface area contributed by atoms with Crippen molar-refractivity contribution in [1.82, 2.24) is 14.8 Å². The third kappa shape index (κ3) is 2.30. The minimum absolute atomic E-state index is 0.160. The van der Waals surface area contributed by atoms with Gasteiger partial charge in [-0.25, -0.2) is 9.67 Å². The van der Waals surface area contributed by atoms with Crippen molar-refractivity contribution < 1.29 is 4.79 Å². The first-order chi connectivity index (χ1) is 9.59. The summed E-state index contributed by atoms with van der Waals surface area (Å²) in [5.41, 5.74) is 6.76. The van der Waals surface area contributed by atoms with Gasteiger partial charge in [-0.15, -0.1) is 0 Å². The number of nitrogens with two attached hydrogens (primary N) is 1. The average molecular weight is 271 g/mol. The largest absolute Gasteiger partial charge is 0.323 e. The lowest BCUT2D eigenvalue weighted by atomic mass is 9.96. The first kappa shape index (κ1) is 12.8. The molecule has 0 spiro atoms. The van der Waals surface area contributed by atoms with Crippen LogP contribution in [-0.4, -0.2) is 26.2 Å². The van der Waals surface area contributed by atoms with Gasteiger partial charge in [-0.1, -0.05) is 12.1 Å². The molecule has 1 aliphatic carbocycles. The maximum absolute atomic E-state index is 12.4. The number of anilines is 1. The average Bonchev–Trinajstić information content (AvgIpc) is 3.17. The summed E-state index contributed by atoms with van der Waals surface area (Å²) < 4.78 is 1.61. The summed E-state index contributed by atoms with van der Waals surface area (Å²) in [5.74, 6) is 0.119. The molecular formula is C14H17N5O. The second-order valence-corrected chi connectivity index (χ2v) is 5.37. The predicted octanol–water partition coefficient (Wildman–Crippen LogP) is 1.33. The van der Waals surface area contributed by atoms with Crippen LogP contribution in [0.1, 0.15) is 19.8 Å². The molecule has 2 aromatic rings. The van der Waals surface area contributed by atoms with Gasteiger partial charge in [-0.05, 0) is 37.8 Å². The summed E-state index contributed by atoms with van der Waals surface area (Å²) in [5, 5.41) is 6.99. The Morgan fingerprint density at radius 3 is 2.85 bits per heavy atom. The van der Waals surface area contributed by atoms with Crippen molar-refractivity contribution in [1.29, 1.82) is 0 Å². The molecule has 0 bridgehead atoms. The number of rotatable bonds is 4. The van der Waals surface area contributed by atoms with Crippen LogP contribution in [0, 0.1) is 5.92 Å². The van der Waals surface area contributed by atoms with Crippen LogP contribution in [0.3, 0.4) is 0 Å². The molecule has 0 aliphatic heterocycles. The lowest BCUT2D eigenvalue weighted by Gasteiger charge is -2.23. The van der Waals surface area contributed by atoms with Crippen molar-refractivity contribution in [3.8, 4) is 5.69 Å². The number of amides is 1. The molecule has 1 aromatic carbocycles. The quantitative estimate of drug-likeness (QED) is 0.878.